The van der Waals surface area contributed by atoms with Crippen molar-refractivity contribution >= 4 is 32.6 Å². The van der Waals surface area contributed by atoms with Crippen LogP contribution in [0, 0.1) is 0 Å². The SMILES string of the molecule is CNC(=O)c1cc(Oc2ccc3nc(NCc4cc(OC)ccc4OC)sc3c2)ccn1. The predicted molar refractivity (Wildman–Crippen MR) is 124 cm³/mol. The Bertz CT molecular complexity index is 1260. The number of aromatic nitrogens is 2. The summed E-state index contributed by atoms with van der Waals surface area (Å²) in [5.41, 5.74) is 2.13. The van der Waals surface area contributed by atoms with Crippen LogP contribution in [0.4, 0.5) is 5.13 Å². The van der Waals surface area contributed by atoms with E-state index in [1.165, 1.54) is 11.3 Å². The zero-order valence-corrected chi connectivity index (χ0v) is 18.7. The first kappa shape index (κ1) is 21.4. The Kier molecular flexibility index (Phi) is 6.37. The fourth-order valence-electron chi connectivity index (χ4n) is 3.10. The van der Waals surface area contributed by atoms with Crippen molar-refractivity contribution in [3.63, 3.8) is 0 Å². The number of nitrogens with zero attached hydrogens (tertiary/aromatic N) is 2. The van der Waals surface area contributed by atoms with Crippen molar-refractivity contribution in [1.82, 2.24) is 15.3 Å². The number of carbonyl (C=O) groups is 1. The van der Waals surface area contributed by atoms with Crippen LogP contribution in [0.2, 0.25) is 0 Å². The summed E-state index contributed by atoms with van der Waals surface area (Å²) < 4.78 is 17.6. The molecule has 32 heavy (non-hydrogen) atoms. The van der Waals surface area contributed by atoms with Crippen LogP contribution in [-0.2, 0) is 6.54 Å². The topological polar surface area (TPSA) is 94.6 Å². The molecular formula is C23H22N4O4S. The Morgan fingerprint density at radius 2 is 1.81 bits per heavy atom. The third-order valence-corrected chi connectivity index (χ3v) is 5.68. The molecule has 0 radical (unpaired) electrons. The minimum atomic E-state index is -0.267. The number of hydrogen-bond donors (Lipinski definition) is 2. The predicted octanol–water partition coefficient (Wildman–Crippen LogP) is 4.47. The van der Waals surface area contributed by atoms with Gasteiger partial charge in [0, 0.05) is 37.5 Å². The second-order valence-electron chi connectivity index (χ2n) is 6.74. The van der Waals surface area contributed by atoms with Gasteiger partial charge >= 0.3 is 0 Å². The Hall–Kier alpha value is -3.85. The van der Waals surface area contributed by atoms with Crippen LogP contribution in [0.5, 0.6) is 23.0 Å². The van der Waals surface area contributed by atoms with E-state index in [0.29, 0.717) is 23.7 Å². The van der Waals surface area contributed by atoms with Crippen molar-refractivity contribution in [2.45, 2.75) is 6.54 Å². The summed E-state index contributed by atoms with van der Waals surface area (Å²) >= 11 is 1.53. The van der Waals surface area contributed by atoms with Crippen molar-refractivity contribution in [3.05, 3.63) is 66.0 Å². The molecule has 2 N–H and O–H groups in total. The van der Waals surface area contributed by atoms with E-state index < -0.39 is 0 Å². The molecule has 8 nitrogen and oxygen atoms in total. The van der Waals surface area contributed by atoms with E-state index >= 15 is 0 Å². The van der Waals surface area contributed by atoms with Gasteiger partial charge in [-0.15, -0.1) is 0 Å². The minimum Gasteiger partial charge on any atom is -0.497 e. The standard InChI is InChI=1S/C23H22N4O4S/c1-24-22(28)19-11-17(8-9-25-19)31-16-4-6-18-21(12-16)32-23(27-18)26-13-14-10-15(29-2)5-7-20(14)30-3/h4-12H,13H2,1-3H3,(H,24,28)(H,26,27). The second-order valence-corrected chi connectivity index (χ2v) is 7.77. The average molecular weight is 451 g/mol. The van der Waals surface area contributed by atoms with Crippen molar-refractivity contribution in [1.29, 1.82) is 0 Å². The van der Waals surface area contributed by atoms with Crippen LogP contribution in [0.25, 0.3) is 10.2 Å². The number of benzene rings is 2. The van der Waals surface area contributed by atoms with Gasteiger partial charge in [-0.2, -0.15) is 0 Å². The number of amides is 1. The van der Waals surface area contributed by atoms with Gasteiger partial charge in [0.1, 0.15) is 28.7 Å². The fourth-order valence-corrected chi connectivity index (χ4v) is 3.99. The van der Waals surface area contributed by atoms with Crippen molar-refractivity contribution in [2.75, 3.05) is 26.6 Å². The molecule has 0 spiro atoms. The largest absolute Gasteiger partial charge is 0.497 e. The molecule has 4 rings (SSSR count). The first-order valence-corrected chi connectivity index (χ1v) is 10.6. The van der Waals surface area contributed by atoms with E-state index in [1.807, 2.05) is 36.4 Å². The smallest absolute Gasteiger partial charge is 0.269 e. The quantitative estimate of drug-likeness (QED) is 0.409. The number of thiazole rings is 1. The number of fused-ring (bicyclic) bond motifs is 1. The van der Waals surface area contributed by atoms with Gasteiger partial charge in [0.05, 0.1) is 24.4 Å². The Morgan fingerprint density at radius 1 is 1.00 bits per heavy atom. The van der Waals surface area contributed by atoms with Crippen molar-refractivity contribution in [3.8, 4) is 23.0 Å². The molecule has 2 heterocycles. The fraction of sp³-hybridized carbons (Fsp3) is 0.174. The molecule has 0 aliphatic carbocycles. The highest BCUT2D eigenvalue weighted by Crippen LogP contribution is 2.32. The van der Waals surface area contributed by atoms with Crippen LogP contribution >= 0.6 is 11.3 Å². The molecule has 0 saturated heterocycles. The molecule has 1 amide bonds. The number of anilines is 1. The molecule has 164 valence electrons. The highest BCUT2D eigenvalue weighted by molar-refractivity contribution is 7.22. The van der Waals surface area contributed by atoms with Gasteiger partial charge in [0.15, 0.2) is 5.13 Å². The summed E-state index contributed by atoms with van der Waals surface area (Å²) in [5, 5.41) is 6.69. The highest BCUT2D eigenvalue weighted by atomic mass is 32.1. The summed E-state index contributed by atoms with van der Waals surface area (Å²) in [6.45, 7) is 0.544. The summed E-state index contributed by atoms with van der Waals surface area (Å²) in [4.78, 5) is 20.5. The van der Waals surface area contributed by atoms with E-state index in [4.69, 9.17) is 14.2 Å². The molecule has 0 fully saturated rings. The highest BCUT2D eigenvalue weighted by Gasteiger charge is 2.10. The first-order chi connectivity index (χ1) is 15.6. The molecule has 0 aliphatic rings. The minimum absolute atomic E-state index is 0.267. The zero-order chi connectivity index (χ0) is 22.5. The van der Waals surface area contributed by atoms with Gasteiger partial charge in [0.2, 0.25) is 0 Å². The van der Waals surface area contributed by atoms with E-state index in [2.05, 4.69) is 20.6 Å². The summed E-state index contributed by atoms with van der Waals surface area (Å²) in [7, 11) is 4.84. The number of ether oxygens (including phenoxy) is 3. The van der Waals surface area contributed by atoms with E-state index in [0.717, 1.165) is 32.4 Å². The lowest BCUT2D eigenvalue weighted by molar-refractivity contribution is 0.0958. The van der Waals surface area contributed by atoms with Crippen LogP contribution in [0.1, 0.15) is 16.1 Å². The Balaban J connectivity index is 1.50. The molecular weight excluding hydrogens is 428 g/mol. The second kappa shape index (κ2) is 9.52. The van der Waals surface area contributed by atoms with Gasteiger partial charge in [-0.3, -0.25) is 9.78 Å². The molecule has 2 aromatic carbocycles. The van der Waals surface area contributed by atoms with Gasteiger partial charge in [0.25, 0.3) is 5.91 Å². The molecule has 4 aromatic rings. The number of hydrogen-bond acceptors (Lipinski definition) is 8. The number of methoxy groups -OCH3 is 2. The number of pyridine rings is 1. The maximum absolute atomic E-state index is 11.8. The van der Waals surface area contributed by atoms with Gasteiger partial charge < -0.3 is 24.8 Å². The van der Waals surface area contributed by atoms with Crippen molar-refractivity contribution < 1.29 is 19.0 Å². The molecule has 2 aromatic heterocycles. The summed E-state index contributed by atoms with van der Waals surface area (Å²) in [5.74, 6) is 2.46. The number of rotatable bonds is 8. The van der Waals surface area contributed by atoms with Crippen molar-refractivity contribution in [2.24, 2.45) is 0 Å². The Morgan fingerprint density at radius 3 is 2.59 bits per heavy atom. The Labute approximate surface area is 189 Å². The van der Waals surface area contributed by atoms with Crippen LogP contribution < -0.4 is 24.8 Å². The van der Waals surface area contributed by atoms with Crippen LogP contribution in [-0.4, -0.2) is 37.1 Å². The number of carbonyl (C=O) groups excluding carboxylic acids is 1. The summed E-state index contributed by atoms with van der Waals surface area (Å²) in [6, 6.07) is 14.7. The monoisotopic (exact) mass is 450 g/mol. The van der Waals surface area contributed by atoms with Gasteiger partial charge in [-0.05, 0) is 36.4 Å². The third-order valence-electron chi connectivity index (χ3n) is 4.70. The van der Waals surface area contributed by atoms with E-state index in [-0.39, 0.29) is 5.91 Å². The molecule has 0 saturated carbocycles. The van der Waals surface area contributed by atoms with Crippen LogP contribution in [0.3, 0.4) is 0 Å². The maximum Gasteiger partial charge on any atom is 0.269 e. The van der Waals surface area contributed by atoms with E-state index in [1.54, 1.807) is 39.6 Å². The zero-order valence-electron chi connectivity index (χ0n) is 17.8. The lowest BCUT2D eigenvalue weighted by atomic mass is 10.2. The average Bonchev–Trinajstić information content (AvgIpc) is 3.24. The molecule has 0 unspecified atom stereocenters. The molecule has 0 bridgehead atoms. The third kappa shape index (κ3) is 4.73. The molecule has 0 aliphatic heterocycles. The summed E-state index contributed by atoms with van der Waals surface area (Å²) in [6.07, 6.45) is 1.54. The van der Waals surface area contributed by atoms with E-state index in [9.17, 15) is 4.79 Å². The van der Waals surface area contributed by atoms with Gasteiger partial charge in [-0.25, -0.2) is 4.98 Å². The van der Waals surface area contributed by atoms with Crippen LogP contribution in [0.15, 0.2) is 54.7 Å². The lowest BCUT2D eigenvalue weighted by Crippen LogP contribution is -2.18. The first-order valence-electron chi connectivity index (χ1n) is 9.81. The lowest BCUT2D eigenvalue weighted by Gasteiger charge is -2.10. The number of nitrogens with one attached hydrogen (secondary N) is 2. The van der Waals surface area contributed by atoms with Gasteiger partial charge in [-0.1, -0.05) is 11.3 Å². The molecule has 9 heteroatoms. The normalized spacial score (nSPS) is 10.6. The molecule has 0 atom stereocenters. The maximum atomic E-state index is 11.8.